The first-order valence-electron chi connectivity index (χ1n) is 10.0. The van der Waals surface area contributed by atoms with Crippen LogP contribution in [0.25, 0.3) is 11.1 Å². The highest BCUT2D eigenvalue weighted by molar-refractivity contribution is 5.83. The molecule has 0 radical (unpaired) electrons. The number of hydrogen-bond donors (Lipinski definition) is 1. The maximum atomic E-state index is 12.8. The quantitative estimate of drug-likeness (QED) is 0.782. The predicted molar refractivity (Wildman–Crippen MR) is 110 cm³/mol. The third kappa shape index (κ3) is 4.32. The summed E-state index contributed by atoms with van der Waals surface area (Å²) in [6, 6.07) is 5.74. The van der Waals surface area contributed by atoms with Gasteiger partial charge in [0, 0.05) is 18.3 Å². The molecular weight excluding hydrogens is 354 g/mol. The summed E-state index contributed by atoms with van der Waals surface area (Å²) >= 11 is 0. The van der Waals surface area contributed by atoms with E-state index in [1.54, 1.807) is 25.1 Å². The monoisotopic (exact) mass is 385 g/mol. The minimum absolute atomic E-state index is 0.0000324. The minimum Gasteiger partial charge on any atom is -0.493 e. The van der Waals surface area contributed by atoms with E-state index in [9.17, 15) is 4.79 Å². The Morgan fingerprint density at radius 3 is 2.54 bits per heavy atom. The highest BCUT2D eigenvalue weighted by Gasteiger charge is 2.31. The Morgan fingerprint density at radius 2 is 1.86 bits per heavy atom. The zero-order valence-electron chi connectivity index (χ0n) is 17.3. The van der Waals surface area contributed by atoms with Crippen molar-refractivity contribution in [1.82, 2.24) is 15.1 Å². The van der Waals surface area contributed by atoms with Gasteiger partial charge in [-0.2, -0.15) is 5.10 Å². The van der Waals surface area contributed by atoms with Crippen molar-refractivity contribution in [2.24, 2.45) is 5.92 Å². The van der Waals surface area contributed by atoms with E-state index in [2.05, 4.69) is 10.4 Å². The molecule has 0 unspecified atom stereocenters. The van der Waals surface area contributed by atoms with Gasteiger partial charge in [-0.05, 0) is 50.3 Å². The fourth-order valence-electron chi connectivity index (χ4n) is 3.74. The van der Waals surface area contributed by atoms with Crippen molar-refractivity contribution in [1.29, 1.82) is 0 Å². The van der Waals surface area contributed by atoms with E-state index >= 15 is 0 Å². The molecule has 1 amide bonds. The van der Waals surface area contributed by atoms with Gasteiger partial charge in [0.05, 0.1) is 20.4 Å². The molecule has 1 saturated carbocycles. The second-order valence-corrected chi connectivity index (χ2v) is 8.02. The number of amides is 1. The summed E-state index contributed by atoms with van der Waals surface area (Å²) in [4.78, 5) is 12.8. The Bertz CT molecular complexity index is 807. The van der Waals surface area contributed by atoms with Crippen molar-refractivity contribution < 1.29 is 14.3 Å². The normalized spacial score (nSPS) is 15.3. The minimum atomic E-state index is -0.760. The summed E-state index contributed by atoms with van der Waals surface area (Å²) in [6.07, 6.45) is 9.98. The first-order valence-corrected chi connectivity index (χ1v) is 10.0. The van der Waals surface area contributed by atoms with Crippen LogP contribution in [0.1, 0.15) is 46.0 Å². The molecule has 152 valence electrons. The van der Waals surface area contributed by atoms with Crippen molar-refractivity contribution in [2.45, 2.75) is 51.5 Å². The van der Waals surface area contributed by atoms with Crippen molar-refractivity contribution in [3.05, 3.63) is 30.6 Å². The van der Waals surface area contributed by atoms with Crippen molar-refractivity contribution in [2.75, 3.05) is 20.8 Å². The van der Waals surface area contributed by atoms with Gasteiger partial charge in [0.15, 0.2) is 11.5 Å². The van der Waals surface area contributed by atoms with Crippen LogP contribution in [0, 0.1) is 5.92 Å². The second-order valence-electron chi connectivity index (χ2n) is 8.02. The van der Waals surface area contributed by atoms with Crippen molar-refractivity contribution >= 4 is 5.91 Å². The van der Waals surface area contributed by atoms with E-state index in [4.69, 9.17) is 9.47 Å². The summed E-state index contributed by atoms with van der Waals surface area (Å²) in [5, 5.41) is 7.60. The lowest BCUT2D eigenvalue weighted by atomic mass is 9.89. The Morgan fingerprint density at radius 1 is 1.14 bits per heavy atom. The van der Waals surface area contributed by atoms with Crippen LogP contribution in [0.4, 0.5) is 0 Å². The molecule has 1 aromatic heterocycles. The molecule has 0 atom stereocenters. The third-order valence-corrected chi connectivity index (χ3v) is 5.70. The molecule has 1 aliphatic rings. The number of benzene rings is 1. The maximum absolute atomic E-state index is 12.8. The van der Waals surface area contributed by atoms with E-state index in [0.29, 0.717) is 17.4 Å². The predicted octanol–water partition coefficient (Wildman–Crippen LogP) is 4.00. The average Bonchev–Trinajstić information content (AvgIpc) is 3.23. The van der Waals surface area contributed by atoms with Gasteiger partial charge in [-0.1, -0.05) is 25.3 Å². The third-order valence-electron chi connectivity index (χ3n) is 5.70. The summed E-state index contributed by atoms with van der Waals surface area (Å²) in [5.41, 5.74) is 1.13. The number of methoxy groups -OCH3 is 2. The maximum Gasteiger partial charge on any atom is 0.247 e. The zero-order valence-corrected chi connectivity index (χ0v) is 17.3. The number of rotatable bonds is 7. The lowest BCUT2D eigenvalue weighted by Gasteiger charge is -2.27. The Balaban J connectivity index is 1.71. The largest absolute Gasteiger partial charge is 0.493 e. The summed E-state index contributed by atoms with van der Waals surface area (Å²) in [6.45, 7) is 4.55. The number of nitrogens with one attached hydrogen (secondary N) is 1. The van der Waals surface area contributed by atoms with Crippen LogP contribution >= 0.6 is 0 Å². The summed E-state index contributed by atoms with van der Waals surface area (Å²) in [5.74, 6) is 1.95. The highest BCUT2D eigenvalue weighted by atomic mass is 16.5. The van der Waals surface area contributed by atoms with Gasteiger partial charge in [-0.3, -0.25) is 9.48 Å². The molecule has 28 heavy (non-hydrogen) atoms. The molecule has 1 aromatic carbocycles. The number of ether oxygens (including phenoxy) is 2. The lowest BCUT2D eigenvalue weighted by molar-refractivity contribution is -0.129. The molecule has 1 N–H and O–H groups in total. The molecular formula is C22H31N3O3. The Labute approximate surface area is 167 Å². The van der Waals surface area contributed by atoms with Crippen LogP contribution in [0.3, 0.4) is 0 Å². The van der Waals surface area contributed by atoms with Gasteiger partial charge < -0.3 is 14.8 Å². The van der Waals surface area contributed by atoms with Gasteiger partial charge in [-0.25, -0.2) is 0 Å². The standard InChI is InChI=1S/C22H31N3O3/c1-22(2,21(26)23-13-16-8-6-5-7-9-16)25-15-18(14-24-25)17-10-11-19(27-3)20(12-17)28-4/h10-12,14-16H,5-9,13H2,1-4H3,(H,23,26). The number of carbonyl (C=O) groups excluding carboxylic acids is 1. The van der Waals surface area contributed by atoms with Gasteiger partial charge in [0.25, 0.3) is 0 Å². The average molecular weight is 386 g/mol. The molecule has 0 aliphatic heterocycles. The van der Waals surface area contributed by atoms with E-state index in [1.807, 2.05) is 38.2 Å². The Kier molecular flexibility index (Phi) is 6.27. The Hall–Kier alpha value is -2.50. The number of aromatic nitrogens is 2. The van der Waals surface area contributed by atoms with Crippen LogP contribution < -0.4 is 14.8 Å². The molecule has 0 spiro atoms. The molecule has 6 heteroatoms. The molecule has 1 heterocycles. The lowest BCUT2D eigenvalue weighted by Crippen LogP contribution is -2.46. The van der Waals surface area contributed by atoms with Gasteiger partial charge >= 0.3 is 0 Å². The van der Waals surface area contributed by atoms with E-state index in [-0.39, 0.29) is 5.91 Å². The van der Waals surface area contributed by atoms with Crippen LogP contribution in [0.5, 0.6) is 11.5 Å². The van der Waals surface area contributed by atoms with Crippen LogP contribution in [-0.2, 0) is 10.3 Å². The highest BCUT2D eigenvalue weighted by Crippen LogP contribution is 2.32. The molecule has 1 aliphatic carbocycles. The summed E-state index contributed by atoms with van der Waals surface area (Å²) in [7, 11) is 3.23. The van der Waals surface area contributed by atoms with E-state index in [1.165, 1.54) is 32.1 Å². The zero-order chi connectivity index (χ0) is 20.1. The molecule has 0 bridgehead atoms. The van der Waals surface area contributed by atoms with Gasteiger partial charge in [-0.15, -0.1) is 0 Å². The topological polar surface area (TPSA) is 65.4 Å². The summed E-state index contributed by atoms with van der Waals surface area (Å²) < 4.78 is 12.4. The molecule has 0 saturated heterocycles. The van der Waals surface area contributed by atoms with Gasteiger partial charge in [0.1, 0.15) is 5.54 Å². The fourth-order valence-corrected chi connectivity index (χ4v) is 3.74. The van der Waals surface area contributed by atoms with Crippen LogP contribution in [0.15, 0.2) is 30.6 Å². The van der Waals surface area contributed by atoms with Crippen molar-refractivity contribution in [3.8, 4) is 22.6 Å². The first kappa shape index (κ1) is 20.2. The SMILES string of the molecule is COc1ccc(-c2cnn(C(C)(C)C(=O)NCC3CCCCC3)c2)cc1OC. The van der Waals surface area contributed by atoms with Crippen LogP contribution in [-0.4, -0.2) is 36.5 Å². The van der Waals surface area contributed by atoms with Crippen molar-refractivity contribution in [3.63, 3.8) is 0 Å². The fraction of sp³-hybridized carbons (Fsp3) is 0.545. The molecule has 6 nitrogen and oxygen atoms in total. The molecule has 1 fully saturated rings. The number of carbonyl (C=O) groups is 1. The number of hydrogen-bond acceptors (Lipinski definition) is 4. The van der Waals surface area contributed by atoms with E-state index < -0.39 is 5.54 Å². The van der Waals surface area contributed by atoms with E-state index in [0.717, 1.165) is 17.7 Å². The smallest absolute Gasteiger partial charge is 0.247 e. The number of nitrogens with zero attached hydrogens (tertiary/aromatic N) is 2. The second kappa shape index (κ2) is 8.67. The first-order chi connectivity index (χ1) is 13.5. The molecule has 3 rings (SSSR count). The molecule has 2 aromatic rings. The van der Waals surface area contributed by atoms with Gasteiger partial charge in [0.2, 0.25) is 5.91 Å². The van der Waals surface area contributed by atoms with Crippen LogP contribution in [0.2, 0.25) is 0 Å².